The van der Waals surface area contributed by atoms with Crippen LogP contribution in [-0.2, 0) is 23.2 Å². The molecule has 1 aliphatic rings. The highest BCUT2D eigenvalue weighted by atomic mass is 32.1. The molecule has 1 amide bonds. The second-order valence-electron chi connectivity index (χ2n) is 8.46. The minimum atomic E-state index is 0.172. The first-order valence-electron chi connectivity index (χ1n) is 9.82. The summed E-state index contributed by atoms with van der Waals surface area (Å²) in [6.07, 6.45) is 1.42. The van der Waals surface area contributed by atoms with Gasteiger partial charge in [-0.05, 0) is 29.9 Å². The SMILES string of the molecule is Cc1nc(CN2CCN(C(=O)CCc3ccc(C(C)(C)C)cc3)CC2)cs1. The molecular formula is C22H31N3OS. The van der Waals surface area contributed by atoms with Gasteiger partial charge in [0.1, 0.15) is 0 Å². The summed E-state index contributed by atoms with van der Waals surface area (Å²) < 4.78 is 0. The number of hydrogen-bond acceptors (Lipinski definition) is 4. The highest BCUT2D eigenvalue weighted by Gasteiger charge is 2.21. The van der Waals surface area contributed by atoms with E-state index in [1.807, 2.05) is 11.8 Å². The molecule has 146 valence electrons. The number of thiazole rings is 1. The predicted octanol–water partition coefficient (Wildman–Crippen LogP) is 4.03. The van der Waals surface area contributed by atoms with E-state index in [0.29, 0.717) is 6.42 Å². The van der Waals surface area contributed by atoms with Crippen molar-refractivity contribution < 1.29 is 4.79 Å². The van der Waals surface area contributed by atoms with Crippen molar-refractivity contribution in [1.29, 1.82) is 0 Å². The summed E-state index contributed by atoms with van der Waals surface area (Å²) in [6, 6.07) is 8.72. The minimum Gasteiger partial charge on any atom is -0.340 e. The van der Waals surface area contributed by atoms with Gasteiger partial charge in [0.05, 0.1) is 10.7 Å². The lowest BCUT2D eigenvalue weighted by Crippen LogP contribution is -2.48. The Bertz CT molecular complexity index is 753. The van der Waals surface area contributed by atoms with Crippen molar-refractivity contribution in [2.45, 2.75) is 52.5 Å². The third-order valence-electron chi connectivity index (χ3n) is 5.22. The quantitative estimate of drug-likeness (QED) is 0.780. The number of benzene rings is 1. The lowest BCUT2D eigenvalue weighted by molar-refractivity contribution is -0.133. The Morgan fingerprint density at radius 2 is 1.78 bits per heavy atom. The Morgan fingerprint density at radius 3 is 2.33 bits per heavy atom. The normalized spacial score (nSPS) is 15.9. The van der Waals surface area contributed by atoms with Crippen LogP contribution in [0.3, 0.4) is 0 Å². The van der Waals surface area contributed by atoms with E-state index in [9.17, 15) is 4.79 Å². The van der Waals surface area contributed by atoms with E-state index in [4.69, 9.17) is 0 Å². The lowest BCUT2D eigenvalue weighted by Gasteiger charge is -2.34. The molecule has 27 heavy (non-hydrogen) atoms. The average Bonchev–Trinajstić information content (AvgIpc) is 3.04. The van der Waals surface area contributed by atoms with Crippen LogP contribution in [0.5, 0.6) is 0 Å². The smallest absolute Gasteiger partial charge is 0.222 e. The van der Waals surface area contributed by atoms with E-state index in [-0.39, 0.29) is 11.3 Å². The molecule has 2 heterocycles. The number of nitrogens with zero attached hydrogens (tertiary/aromatic N) is 3. The molecule has 4 nitrogen and oxygen atoms in total. The molecule has 1 fully saturated rings. The van der Waals surface area contributed by atoms with Gasteiger partial charge in [0, 0.05) is 44.5 Å². The molecule has 1 saturated heterocycles. The topological polar surface area (TPSA) is 36.4 Å². The van der Waals surface area contributed by atoms with Gasteiger partial charge in [-0.25, -0.2) is 4.98 Å². The Hall–Kier alpha value is -1.72. The molecule has 0 saturated carbocycles. The van der Waals surface area contributed by atoms with Crippen LogP contribution in [0.1, 0.15) is 49.0 Å². The van der Waals surface area contributed by atoms with Crippen LogP contribution in [0.25, 0.3) is 0 Å². The predicted molar refractivity (Wildman–Crippen MR) is 112 cm³/mol. The molecule has 1 aromatic heterocycles. The van der Waals surface area contributed by atoms with Gasteiger partial charge in [0.15, 0.2) is 0 Å². The van der Waals surface area contributed by atoms with Gasteiger partial charge in [-0.3, -0.25) is 9.69 Å². The van der Waals surface area contributed by atoms with Crippen LogP contribution >= 0.6 is 11.3 Å². The van der Waals surface area contributed by atoms with Crippen molar-refractivity contribution in [1.82, 2.24) is 14.8 Å². The number of aromatic nitrogens is 1. The maximum atomic E-state index is 12.6. The second-order valence-corrected chi connectivity index (χ2v) is 9.52. The Morgan fingerprint density at radius 1 is 1.11 bits per heavy atom. The molecule has 3 rings (SSSR count). The first kappa shape index (κ1) is 20.0. The summed E-state index contributed by atoms with van der Waals surface area (Å²) in [4.78, 5) is 21.5. The van der Waals surface area contributed by atoms with Crippen LogP contribution in [0, 0.1) is 6.92 Å². The Kier molecular flexibility index (Phi) is 6.33. The fourth-order valence-electron chi connectivity index (χ4n) is 3.45. The zero-order valence-corrected chi connectivity index (χ0v) is 17.8. The summed E-state index contributed by atoms with van der Waals surface area (Å²) >= 11 is 1.70. The summed E-state index contributed by atoms with van der Waals surface area (Å²) in [5.74, 6) is 0.277. The Balaban J connectivity index is 1.43. The average molecular weight is 386 g/mol. The molecular weight excluding hydrogens is 354 g/mol. The Labute approximate surface area is 167 Å². The van der Waals surface area contributed by atoms with Crippen molar-refractivity contribution >= 4 is 17.2 Å². The molecule has 1 aliphatic heterocycles. The van der Waals surface area contributed by atoms with Crippen LogP contribution in [-0.4, -0.2) is 46.9 Å². The van der Waals surface area contributed by atoms with Gasteiger partial charge < -0.3 is 4.90 Å². The molecule has 5 heteroatoms. The molecule has 0 unspecified atom stereocenters. The monoisotopic (exact) mass is 385 g/mol. The zero-order valence-electron chi connectivity index (χ0n) is 17.0. The highest BCUT2D eigenvalue weighted by molar-refractivity contribution is 7.09. The van der Waals surface area contributed by atoms with E-state index in [0.717, 1.165) is 49.8 Å². The number of piperazine rings is 1. The van der Waals surface area contributed by atoms with E-state index in [2.05, 4.69) is 60.3 Å². The molecule has 0 atom stereocenters. The second kappa shape index (κ2) is 8.53. The van der Waals surface area contributed by atoms with Gasteiger partial charge in [-0.2, -0.15) is 0 Å². The van der Waals surface area contributed by atoms with Gasteiger partial charge in [0.25, 0.3) is 0 Å². The molecule has 0 spiro atoms. The number of rotatable bonds is 5. The van der Waals surface area contributed by atoms with Crippen LogP contribution in [0.2, 0.25) is 0 Å². The molecule has 0 aliphatic carbocycles. The van der Waals surface area contributed by atoms with Gasteiger partial charge in [0.2, 0.25) is 5.91 Å². The first-order valence-corrected chi connectivity index (χ1v) is 10.7. The molecule has 0 N–H and O–H groups in total. The maximum absolute atomic E-state index is 12.6. The number of amides is 1. The fourth-order valence-corrected chi connectivity index (χ4v) is 4.05. The summed E-state index contributed by atoms with van der Waals surface area (Å²) in [5, 5.41) is 3.26. The fraction of sp³-hybridized carbons (Fsp3) is 0.545. The van der Waals surface area contributed by atoms with Crippen LogP contribution in [0.15, 0.2) is 29.6 Å². The van der Waals surface area contributed by atoms with Crippen molar-refractivity contribution in [3.05, 3.63) is 51.5 Å². The molecule has 2 aromatic rings. The lowest BCUT2D eigenvalue weighted by atomic mass is 9.86. The number of carbonyl (C=O) groups is 1. The van der Waals surface area contributed by atoms with Gasteiger partial charge in [-0.15, -0.1) is 11.3 Å². The van der Waals surface area contributed by atoms with Crippen molar-refractivity contribution in [3.63, 3.8) is 0 Å². The number of hydrogen-bond donors (Lipinski definition) is 0. The summed E-state index contributed by atoms with van der Waals surface area (Å²) in [7, 11) is 0. The zero-order chi connectivity index (χ0) is 19.4. The third-order valence-corrected chi connectivity index (χ3v) is 6.05. The summed E-state index contributed by atoms with van der Waals surface area (Å²) in [6.45, 7) is 13.1. The molecule has 0 radical (unpaired) electrons. The standard InChI is InChI=1S/C22H31N3OS/c1-17-23-20(16-27-17)15-24-11-13-25(14-12-24)21(26)10-7-18-5-8-19(9-6-18)22(2,3)4/h5-6,8-9,16H,7,10-15H2,1-4H3. The van der Waals surface area contributed by atoms with Crippen molar-refractivity contribution in [2.24, 2.45) is 0 Å². The largest absolute Gasteiger partial charge is 0.340 e. The third kappa shape index (κ3) is 5.63. The highest BCUT2D eigenvalue weighted by Crippen LogP contribution is 2.22. The van der Waals surface area contributed by atoms with Gasteiger partial charge in [-0.1, -0.05) is 45.0 Å². The van der Waals surface area contributed by atoms with E-state index in [1.165, 1.54) is 11.1 Å². The van der Waals surface area contributed by atoms with Gasteiger partial charge >= 0.3 is 0 Å². The number of aryl methyl sites for hydroxylation is 2. The van der Waals surface area contributed by atoms with Crippen LogP contribution in [0.4, 0.5) is 0 Å². The molecule has 1 aromatic carbocycles. The maximum Gasteiger partial charge on any atom is 0.222 e. The van der Waals surface area contributed by atoms with E-state index < -0.39 is 0 Å². The minimum absolute atomic E-state index is 0.172. The van der Waals surface area contributed by atoms with Crippen LogP contribution < -0.4 is 0 Å². The van der Waals surface area contributed by atoms with Crippen molar-refractivity contribution in [3.8, 4) is 0 Å². The van der Waals surface area contributed by atoms with E-state index in [1.54, 1.807) is 11.3 Å². The first-order chi connectivity index (χ1) is 12.8. The molecule has 0 bridgehead atoms. The van der Waals surface area contributed by atoms with E-state index >= 15 is 0 Å². The summed E-state index contributed by atoms with van der Waals surface area (Å²) in [5.41, 5.74) is 3.90. The van der Waals surface area contributed by atoms with Crippen molar-refractivity contribution in [2.75, 3.05) is 26.2 Å². The number of carbonyl (C=O) groups excluding carboxylic acids is 1.